The van der Waals surface area contributed by atoms with Gasteiger partial charge in [0.1, 0.15) is 12.4 Å². The van der Waals surface area contributed by atoms with Crippen LogP contribution in [0.4, 0.5) is 0 Å². The number of benzene rings is 4. The van der Waals surface area contributed by atoms with Crippen LogP contribution >= 0.6 is 0 Å². The van der Waals surface area contributed by atoms with Gasteiger partial charge in [0, 0.05) is 11.8 Å². The summed E-state index contributed by atoms with van der Waals surface area (Å²) in [7, 11) is 0. The molecule has 0 atom stereocenters. The van der Waals surface area contributed by atoms with Crippen molar-refractivity contribution in [1.82, 2.24) is 0 Å². The lowest BCUT2D eigenvalue weighted by Gasteiger charge is -2.10. The van der Waals surface area contributed by atoms with E-state index < -0.39 is 11.9 Å². The number of phenols is 1. The molecular formula is C26H20O5. The van der Waals surface area contributed by atoms with Crippen LogP contribution in [0.15, 0.2) is 84.9 Å². The molecule has 154 valence electrons. The lowest BCUT2D eigenvalue weighted by Crippen LogP contribution is -2.05. The van der Waals surface area contributed by atoms with Crippen molar-refractivity contribution in [3.05, 3.63) is 113 Å². The first-order chi connectivity index (χ1) is 15.0. The minimum absolute atomic E-state index is 0.0949. The van der Waals surface area contributed by atoms with E-state index in [2.05, 4.69) is 0 Å². The molecule has 31 heavy (non-hydrogen) atoms. The predicted octanol–water partition coefficient (Wildman–Crippen LogP) is 5.19. The summed E-state index contributed by atoms with van der Waals surface area (Å²) in [6.07, 6.45) is 0.435. The van der Waals surface area contributed by atoms with Crippen LogP contribution in [0.2, 0.25) is 0 Å². The molecule has 0 spiro atoms. The molecule has 5 heteroatoms. The number of fused-ring (bicyclic) bond motifs is 1. The third-order valence-corrected chi connectivity index (χ3v) is 5.12. The van der Waals surface area contributed by atoms with Crippen LogP contribution in [0, 0.1) is 0 Å². The van der Waals surface area contributed by atoms with E-state index in [9.17, 15) is 14.7 Å². The second-order valence-electron chi connectivity index (χ2n) is 7.25. The molecule has 5 nitrogen and oxygen atoms in total. The monoisotopic (exact) mass is 412 g/mol. The highest BCUT2D eigenvalue weighted by molar-refractivity contribution is 5.98. The Hall–Kier alpha value is -4.12. The van der Waals surface area contributed by atoms with Crippen LogP contribution in [0.25, 0.3) is 10.8 Å². The van der Waals surface area contributed by atoms with Gasteiger partial charge in [-0.05, 0) is 46.3 Å². The highest BCUT2D eigenvalue weighted by atomic mass is 16.5. The van der Waals surface area contributed by atoms with Crippen molar-refractivity contribution in [2.24, 2.45) is 0 Å². The maximum atomic E-state index is 12.5. The van der Waals surface area contributed by atoms with Gasteiger partial charge in [-0.2, -0.15) is 0 Å². The van der Waals surface area contributed by atoms with Crippen LogP contribution in [-0.4, -0.2) is 22.2 Å². The molecule has 0 aromatic heterocycles. The quantitative estimate of drug-likeness (QED) is 0.426. The first-order valence-corrected chi connectivity index (χ1v) is 9.79. The standard InChI is InChI=1S/C26H20O5/c27-24-21(14-17-6-8-20(9-7-17)25(28)29)12-10-19-11-13-22(15-23(19)24)26(30)31-16-18-4-2-1-3-5-18/h1-13,15,27H,14,16H2,(H,28,29). The van der Waals surface area contributed by atoms with Gasteiger partial charge in [0.05, 0.1) is 11.1 Å². The average molecular weight is 412 g/mol. The summed E-state index contributed by atoms with van der Waals surface area (Å²) >= 11 is 0. The molecule has 4 aromatic carbocycles. The zero-order valence-electron chi connectivity index (χ0n) is 16.6. The number of hydrogen-bond donors (Lipinski definition) is 2. The summed E-state index contributed by atoms with van der Waals surface area (Å²) in [5, 5.41) is 21.2. The molecule has 0 aliphatic carbocycles. The number of aromatic hydroxyl groups is 1. The Morgan fingerprint density at radius 1 is 0.774 bits per heavy atom. The van der Waals surface area contributed by atoms with E-state index in [1.54, 1.807) is 30.3 Å². The number of aromatic carboxylic acids is 1. The smallest absolute Gasteiger partial charge is 0.338 e. The van der Waals surface area contributed by atoms with Crippen molar-refractivity contribution < 1.29 is 24.5 Å². The van der Waals surface area contributed by atoms with Gasteiger partial charge in [0.2, 0.25) is 0 Å². The Morgan fingerprint density at radius 3 is 2.16 bits per heavy atom. The Labute approximate surface area is 179 Å². The summed E-state index contributed by atoms with van der Waals surface area (Å²) in [4.78, 5) is 23.5. The molecule has 0 bridgehead atoms. The van der Waals surface area contributed by atoms with Crippen molar-refractivity contribution in [3.63, 3.8) is 0 Å². The fraction of sp³-hybridized carbons (Fsp3) is 0.0769. The number of rotatable bonds is 6. The first-order valence-electron chi connectivity index (χ1n) is 9.79. The Kier molecular flexibility index (Phi) is 5.67. The largest absolute Gasteiger partial charge is 0.507 e. The highest BCUT2D eigenvalue weighted by Crippen LogP contribution is 2.31. The van der Waals surface area contributed by atoms with Crippen LogP contribution in [-0.2, 0) is 17.8 Å². The number of carbonyl (C=O) groups is 2. The lowest BCUT2D eigenvalue weighted by atomic mass is 9.98. The van der Waals surface area contributed by atoms with Crippen LogP contribution in [0.1, 0.15) is 37.4 Å². The number of hydrogen-bond acceptors (Lipinski definition) is 4. The van der Waals surface area contributed by atoms with Gasteiger partial charge in [-0.25, -0.2) is 9.59 Å². The number of ether oxygens (including phenoxy) is 1. The van der Waals surface area contributed by atoms with Crippen molar-refractivity contribution in [2.45, 2.75) is 13.0 Å². The van der Waals surface area contributed by atoms with E-state index in [4.69, 9.17) is 9.84 Å². The topological polar surface area (TPSA) is 83.8 Å². The first kappa shape index (κ1) is 20.2. The molecule has 2 N–H and O–H groups in total. The Balaban J connectivity index is 1.56. The molecule has 0 amide bonds. The zero-order chi connectivity index (χ0) is 21.8. The maximum Gasteiger partial charge on any atom is 0.338 e. The van der Waals surface area contributed by atoms with E-state index in [0.29, 0.717) is 22.9 Å². The maximum absolute atomic E-state index is 12.5. The number of carboxylic acid groups (broad SMARTS) is 1. The summed E-state index contributed by atoms with van der Waals surface area (Å²) in [5.74, 6) is -1.34. The van der Waals surface area contributed by atoms with Crippen LogP contribution < -0.4 is 0 Å². The molecule has 0 unspecified atom stereocenters. The van der Waals surface area contributed by atoms with Crippen molar-refractivity contribution >= 4 is 22.7 Å². The van der Waals surface area contributed by atoms with E-state index in [-0.39, 0.29) is 17.9 Å². The second kappa shape index (κ2) is 8.71. The molecule has 0 saturated carbocycles. The fourth-order valence-electron chi connectivity index (χ4n) is 3.41. The predicted molar refractivity (Wildman–Crippen MR) is 117 cm³/mol. The number of carboxylic acids is 1. The molecule has 4 aromatic rings. The summed E-state index contributed by atoms with van der Waals surface area (Å²) in [5.41, 5.74) is 3.03. The van der Waals surface area contributed by atoms with Gasteiger partial charge < -0.3 is 14.9 Å². The Morgan fingerprint density at radius 2 is 1.45 bits per heavy atom. The third-order valence-electron chi connectivity index (χ3n) is 5.12. The van der Waals surface area contributed by atoms with E-state index in [1.165, 1.54) is 12.1 Å². The molecule has 0 saturated heterocycles. The SMILES string of the molecule is O=C(O)c1ccc(Cc2ccc3ccc(C(=O)OCc4ccccc4)cc3c2O)cc1. The number of carbonyl (C=O) groups excluding carboxylic acids is 1. The summed E-state index contributed by atoms with van der Waals surface area (Å²) in [6, 6.07) is 24.8. The van der Waals surface area contributed by atoms with Crippen molar-refractivity contribution in [1.29, 1.82) is 0 Å². The number of phenolic OH excluding ortho intramolecular Hbond substituents is 1. The minimum Gasteiger partial charge on any atom is -0.507 e. The summed E-state index contributed by atoms with van der Waals surface area (Å²) in [6.45, 7) is 0.177. The van der Waals surface area contributed by atoms with Gasteiger partial charge in [0.15, 0.2) is 0 Å². The van der Waals surface area contributed by atoms with E-state index in [1.807, 2.05) is 42.5 Å². The normalized spacial score (nSPS) is 10.7. The van der Waals surface area contributed by atoms with Gasteiger partial charge in [0.25, 0.3) is 0 Å². The molecular weight excluding hydrogens is 392 g/mol. The second-order valence-corrected chi connectivity index (χ2v) is 7.25. The van der Waals surface area contributed by atoms with Gasteiger partial charge in [-0.3, -0.25) is 0 Å². The molecule has 0 fully saturated rings. The van der Waals surface area contributed by atoms with Crippen molar-refractivity contribution in [3.8, 4) is 5.75 Å². The lowest BCUT2D eigenvalue weighted by molar-refractivity contribution is 0.0472. The molecule has 0 aliphatic heterocycles. The highest BCUT2D eigenvalue weighted by Gasteiger charge is 2.13. The van der Waals surface area contributed by atoms with Gasteiger partial charge >= 0.3 is 11.9 Å². The van der Waals surface area contributed by atoms with Gasteiger partial charge in [-0.15, -0.1) is 0 Å². The minimum atomic E-state index is -0.980. The van der Waals surface area contributed by atoms with E-state index in [0.717, 1.165) is 16.5 Å². The van der Waals surface area contributed by atoms with Crippen LogP contribution in [0.3, 0.4) is 0 Å². The number of esters is 1. The zero-order valence-corrected chi connectivity index (χ0v) is 16.6. The molecule has 0 aliphatic rings. The molecule has 4 rings (SSSR count). The molecule has 0 heterocycles. The summed E-state index contributed by atoms with van der Waals surface area (Å²) < 4.78 is 5.39. The third kappa shape index (κ3) is 4.56. The van der Waals surface area contributed by atoms with Crippen molar-refractivity contribution in [2.75, 3.05) is 0 Å². The van der Waals surface area contributed by atoms with E-state index >= 15 is 0 Å². The van der Waals surface area contributed by atoms with Crippen LogP contribution in [0.5, 0.6) is 5.75 Å². The Bertz CT molecular complexity index is 1240. The molecule has 0 radical (unpaired) electrons. The van der Waals surface area contributed by atoms with Gasteiger partial charge in [-0.1, -0.05) is 60.7 Å². The average Bonchev–Trinajstić information content (AvgIpc) is 2.80. The fourth-order valence-corrected chi connectivity index (χ4v) is 3.41.